The summed E-state index contributed by atoms with van der Waals surface area (Å²) in [6.07, 6.45) is 0. The molecule has 1 atom stereocenters. The number of carbonyl (C=O) groups excluding carboxylic acids is 1. The number of imidazole rings is 1. The molecule has 0 spiro atoms. The number of aromatic nitrogens is 2. The van der Waals surface area contributed by atoms with E-state index in [0.717, 1.165) is 22.5 Å². The predicted octanol–water partition coefficient (Wildman–Crippen LogP) is 7.03. The van der Waals surface area contributed by atoms with E-state index in [0.29, 0.717) is 28.0 Å². The third kappa shape index (κ3) is 4.57. The molecule has 3 aromatic carbocycles. The van der Waals surface area contributed by atoms with Gasteiger partial charge in [-0.05, 0) is 43.7 Å². The Morgan fingerprint density at radius 3 is 2.28 bits per heavy atom. The molecule has 6 heteroatoms. The van der Waals surface area contributed by atoms with E-state index in [1.54, 1.807) is 0 Å². The van der Waals surface area contributed by atoms with Crippen LogP contribution in [0.2, 0.25) is 10.0 Å². The van der Waals surface area contributed by atoms with E-state index in [2.05, 4.69) is 5.32 Å². The summed E-state index contributed by atoms with van der Waals surface area (Å²) < 4.78 is 1.95. The maximum absolute atomic E-state index is 13.6. The monoisotopic (exact) mass is 463 g/mol. The van der Waals surface area contributed by atoms with Gasteiger partial charge in [-0.2, -0.15) is 0 Å². The van der Waals surface area contributed by atoms with Crippen molar-refractivity contribution < 1.29 is 4.79 Å². The highest BCUT2D eigenvalue weighted by atomic mass is 35.5. The maximum Gasteiger partial charge on any atom is 0.270 e. The fraction of sp³-hybridized carbons (Fsp3) is 0.154. The van der Waals surface area contributed by atoms with Crippen LogP contribution in [0.3, 0.4) is 0 Å². The van der Waals surface area contributed by atoms with Gasteiger partial charge in [0.25, 0.3) is 5.91 Å². The average Bonchev–Trinajstić information content (AvgIpc) is 3.20. The van der Waals surface area contributed by atoms with Crippen LogP contribution in [0.1, 0.15) is 35.9 Å². The third-order valence-electron chi connectivity index (χ3n) is 5.35. The van der Waals surface area contributed by atoms with Gasteiger partial charge < -0.3 is 9.88 Å². The second-order valence-corrected chi connectivity index (χ2v) is 8.37. The third-order valence-corrected chi connectivity index (χ3v) is 5.83. The quantitative estimate of drug-likeness (QED) is 0.333. The second-order valence-electron chi connectivity index (χ2n) is 7.50. The van der Waals surface area contributed by atoms with E-state index in [1.807, 2.05) is 97.3 Å². The van der Waals surface area contributed by atoms with Crippen LogP contribution in [-0.4, -0.2) is 15.5 Å². The van der Waals surface area contributed by atoms with E-state index >= 15 is 0 Å². The van der Waals surface area contributed by atoms with E-state index in [4.69, 9.17) is 28.2 Å². The van der Waals surface area contributed by atoms with Gasteiger partial charge in [-0.1, -0.05) is 77.8 Å². The molecule has 162 valence electrons. The Hall–Kier alpha value is -3.08. The lowest BCUT2D eigenvalue weighted by Gasteiger charge is -2.16. The zero-order valence-electron chi connectivity index (χ0n) is 17.8. The summed E-state index contributed by atoms with van der Waals surface area (Å²) in [4.78, 5) is 18.5. The number of nitrogens with one attached hydrogen (secondary N) is 1. The van der Waals surface area contributed by atoms with Gasteiger partial charge in [-0.3, -0.25) is 4.79 Å². The number of hydrogen-bond acceptors (Lipinski definition) is 2. The van der Waals surface area contributed by atoms with Crippen molar-refractivity contribution in [2.24, 2.45) is 0 Å². The molecule has 0 aliphatic carbocycles. The fourth-order valence-electron chi connectivity index (χ4n) is 3.74. The highest BCUT2D eigenvalue weighted by Crippen LogP contribution is 2.31. The Balaban J connectivity index is 1.80. The molecule has 4 rings (SSSR count). The smallest absolute Gasteiger partial charge is 0.270 e. The maximum atomic E-state index is 13.6. The summed E-state index contributed by atoms with van der Waals surface area (Å²) in [7, 11) is 0. The molecule has 1 heterocycles. The average molecular weight is 464 g/mol. The Bertz CT molecular complexity index is 1230. The first kappa shape index (κ1) is 22.1. The van der Waals surface area contributed by atoms with Crippen LogP contribution >= 0.6 is 23.2 Å². The zero-order valence-corrected chi connectivity index (χ0v) is 19.4. The summed E-state index contributed by atoms with van der Waals surface area (Å²) >= 11 is 12.3. The zero-order chi connectivity index (χ0) is 22.7. The van der Waals surface area contributed by atoms with E-state index < -0.39 is 0 Å². The minimum Gasteiger partial charge on any atom is -0.344 e. The standard InChI is InChI=1S/C26H23Cl2N3O/c1-3-31-24(26(32)29-17(2)18-12-14-21(27)15-13-18)23(20-10-7-11-22(28)16-20)30-25(31)19-8-5-4-6-9-19/h4-17H,3H2,1-2H3,(H,29,32). The highest BCUT2D eigenvalue weighted by molar-refractivity contribution is 6.31. The van der Waals surface area contributed by atoms with Gasteiger partial charge in [0.1, 0.15) is 17.2 Å². The molecule has 0 saturated carbocycles. The molecule has 1 unspecified atom stereocenters. The van der Waals surface area contributed by atoms with E-state index in [9.17, 15) is 4.79 Å². The van der Waals surface area contributed by atoms with Crippen LogP contribution in [0.15, 0.2) is 78.9 Å². The van der Waals surface area contributed by atoms with Gasteiger partial charge in [-0.25, -0.2) is 4.98 Å². The van der Waals surface area contributed by atoms with Crippen molar-refractivity contribution in [3.8, 4) is 22.6 Å². The molecule has 0 bridgehead atoms. The largest absolute Gasteiger partial charge is 0.344 e. The van der Waals surface area contributed by atoms with Crippen LogP contribution in [0, 0.1) is 0 Å². The summed E-state index contributed by atoms with van der Waals surface area (Å²) in [5, 5.41) is 4.37. The van der Waals surface area contributed by atoms with Gasteiger partial charge in [0.2, 0.25) is 0 Å². The van der Waals surface area contributed by atoms with Crippen molar-refractivity contribution in [3.05, 3.63) is 100 Å². The first-order valence-electron chi connectivity index (χ1n) is 10.5. The fourth-order valence-corrected chi connectivity index (χ4v) is 4.05. The topological polar surface area (TPSA) is 46.9 Å². The van der Waals surface area contributed by atoms with E-state index in [-0.39, 0.29) is 11.9 Å². The summed E-state index contributed by atoms with van der Waals surface area (Å²) in [5.74, 6) is 0.548. The van der Waals surface area contributed by atoms with Crippen LogP contribution in [0.4, 0.5) is 0 Å². The molecule has 0 fully saturated rings. The molecule has 0 radical (unpaired) electrons. The first-order valence-corrected chi connectivity index (χ1v) is 11.2. The lowest BCUT2D eigenvalue weighted by Crippen LogP contribution is -2.29. The Morgan fingerprint density at radius 2 is 1.62 bits per heavy atom. The van der Waals surface area contributed by atoms with Crippen LogP contribution in [0.25, 0.3) is 22.6 Å². The van der Waals surface area contributed by atoms with Crippen LogP contribution in [-0.2, 0) is 6.54 Å². The number of carbonyl (C=O) groups is 1. The van der Waals surface area contributed by atoms with Gasteiger partial charge in [-0.15, -0.1) is 0 Å². The van der Waals surface area contributed by atoms with Crippen molar-refractivity contribution in [1.82, 2.24) is 14.9 Å². The molecular weight excluding hydrogens is 441 g/mol. The normalized spacial score (nSPS) is 11.9. The van der Waals surface area contributed by atoms with Crippen molar-refractivity contribution in [2.45, 2.75) is 26.4 Å². The van der Waals surface area contributed by atoms with Gasteiger partial charge in [0, 0.05) is 27.7 Å². The van der Waals surface area contributed by atoms with Gasteiger partial charge in [0.15, 0.2) is 0 Å². The molecule has 4 aromatic rings. The number of halogens is 2. The molecule has 1 amide bonds. The lowest BCUT2D eigenvalue weighted by molar-refractivity contribution is 0.0931. The molecule has 0 saturated heterocycles. The molecule has 1 aromatic heterocycles. The number of benzene rings is 3. The van der Waals surface area contributed by atoms with Gasteiger partial charge in [0.05, 0.1) is 6.04 Å². The summed E-state index contributed by atoms with van der Waals surface area (Å²) in [6.45, 7) is 4.55. The minimum absolute atomic E-state index is 0.195. The number of amides is 1. The number of hydrogen-bond donors (Lipinski definition) is 1. The number of nitrogens with zero attached hydrogens (tertiary/aromatic N) is 2. The second kappa shape index (κ2) is 9.60. The minimum atomic E-state index is -0.202. The molecule has 0 aliphatic heterocycles. The lowest BCUT2D eigenvalue weighted by atomic mass is 10.1. The van der Waals surface area contributed by atoms with Crippen LogP contribution in [0.5, 0.6) is 0 Å². The summed E-state index contributed by atoms with van der Waals surface area (Å²) in [6, 6.07) is 24.6. The van der Waals surface area contributed by atoms with E-state index in [1.165, 1.54) is 0 Å². The Kier molecular flexibility index (Phi) is 6.63. The van der Waals surface area contributed by atoms with Crippen molar-refractivity contribution in [2.75, 3.05) is 0 Å². The van der Waals surface area contributed by atoms with Gasteiger partial charge >= 0.3 is 0 Å². The number of rotatable bonds is 6. The van der Waals surface area contributed by atoms with Crippen LogP contribution < -0.4 is 5.32 Å². The molecule has 32 heavy (non-hydrogen) atoms. The molecule has 0 aliphatic rings. The predicted molar refractivity (Wildman–Crippen MR) is 131 cm³/mol. The molecular formula is C26H23Cl2N3O. The van der Waals surface area contributed by atoms with Crippen molar-refractivity contribution in [1.29, 1.82) is 0 Å². The molecule has 4 nitrogen and oxygen atoms in total. The van der Waals surface area contributed by atoms with Crippen molar-refractivity contribution in [3.63, 3.8) is 0 Å². The Labute approximate surface area is 197 Å². The SMILES string of the molecule is CCn1c(-c2ccccc2)nc(-c2cccc(Cl)c2)c1C(=O)NC(C)c1ccc(Cl)cc1. The first-order chi connectivity index (χ1) is 15.5. The van der Waals surface area contributed by atoms with Crippen molar-refractivity contribution >= 4 is 29.1 Å². The Morgan fingerprint density at radius 1 is 0.938 bits per heavy atom. The highest BCUT2D eigenvalue weighted by Gasteiger charge is 2.25. The summed E-state index contributed by atoms with van der Waals surface area (Å²) in [5.41, 5.74) is 3.83. The molecule has 1 N–H and O–H groups in total.